The van der Waals surface area contributed by atoms with E-state index in [-0.39, 0.29) is 29.7 Å². The summed E-state index contributed by atoms with van der Waals surface area (Å²) in [6.07, 6.45) is 4.77. The molecular formula is C25H36N6O2. The zero-order valence-corrected chi connectivity index (χ0v) is 19.9. The van der Waals surface area contributed by atoms with Gasteiger partial charge in [0, 0.05) is 31.8 Å². The number of nitrogens with zero attached hydrogens (tertiary/aromatic N) is 3. The minimum absolute atomic E-state index is 0.0337. The van der Waals surface area contributed by atoms with Crippen molar-refractivity contribution in [1.29, 1.82) is 5.26 Å². The Morgan fingerprint density at radius 3 is 2.42 bits per heavy atom. The van der Waals surface area contributed by atoms with Crippen LogP contribution >= 0.6 is 0 Å². The minimum Gasteiger partial charge on any atom is -0.384 e. The van der Waals surface area contributed by atoms with Gasteiger partial charge in [-0.05, 0) is 43.7 Å². The maximum Gasteiger partial charge on any atom is 0.253 e. The number of hydrogen-bond acceptors (Lipinski definition) is 5. The Bertz CT molecular complexity index is 934. The van der Waals surface area contributed by atoms with Gasteiger partial charge < -0.3 is 16.8 Å². The molecule has 33 heavy (non-hydrogen) atoms. The first-order valence-electron chi connectivity index (χ1n) is 11.6. The van der Waals surface area contributed by atoms with Gasteiger partial charge in [-0.25, -0.2) is 0 Å². The van der Waals surface area contributed by atoms with E-state index in [1.165, 1.54) is 17.3 Å². The van der Waals surface area contributed by atoms with Crippen molar-refractivity contribution in [2.75, 3.05) is 13.1 Å². The predicted molar refractivity (Wildman–Crippen MR) is 130 cm³/mol. The van der Waals surface area contributed by atoms with Crippen LogP contribution < -0.4 is 16.8 Å². The SMILES string of the molecule is CC.Cc1ccccc1CN1CCC(CC#N)(N/C=C(/C(N)=O)C(N)=NC(=O)C2CC2)CC1. The van der Waals surface area contributed by atoms with E-state index in [2.05, 4.69) is 40.3 Å². The molecule has 0 radical (unpaired) electrons. The van der Waals surface area contributed by atoms with Crippen LogP contribution in [0.15, 0.2) is 41.0 Å². The number of nitrogens with two attached hydrogens (primary N) is 2. The molecule has 0 bridgehead atoms. The molecule has 8 nitrogen and oxygen atoms in total. The second-order valence-electron chi connectivity index (χ2n) is 8.49. The number of benzene rings is 1. The van der Waals surface area contributed by atoms with Crippen LogP contribution in [0.5, 0.6) is 0 Å². The number of amides is 2. The zero-order chi connectivity index (χ0) is 24.4. The van der Waals surface area contributed by atoms with E-state index in [1.807, 2.05) is 26.0 Å². The van der Waals surface area contributed by atoms with Crippen LogP contribution in [0, 0.1) is 24.2 Å². The number of piperidine rings is 1. The number of rotatable bonds is 8. The third-order valence-electron chi connectivity index (χ3n) is 6.11. The highest BCUT2D eigenvalue weighted by atomic mass is 16.2. The predicted octanol–water partition coefficient (Wildman–Crippen LogP) is 2.52. The van der Waals surface area contributed by atoms with Crippen molar-refractivity contribution in [2.24, 2.45) is 22.4 Å². The van der Waals surface area contributed by atoms with Crippen molar-refractivity contribution in [3.8, 4) is 6.07 Å². The van der Waals surface area contributed by atoms with Crippen molar-refractivity contribution < 1.29 is 9.59 Å². The van der Waals surface area contributed by atoms with E-state index in [4.69, 9.17) is 11.5 Å². The number of carbonyl (C=O) groups excluding carboxylic acids is 2. The van der Waals surface area contributed by atoms with E-state index in [1.54, 1.807) is 0 Å². The van der Waals surface area contributed by atoms with Crippen molar-refractivity contribution >= 4 is 17.6 Å². The summed E-state index contributed by atoms with van der Waals surface area (Å²) in [5, 5.41) is 12.6. The van der Waals surface area contributed by atoms with Crippen molar-refractivity contribution in [3.05, 3.63) is 47.2 Å². The maximum atomic E-state index is 11.9. The lowest BCUT2D eigenvalue weighted by Crippen LogP contribution is -2.51. The van der Waals surface area contributed by atoms with Crippen molar-refractivity contribution in [3.63, 3.8) is 0 Å². The standard InChI is InChI=1S/C23H30N6O2.C2H6/c1-16-4-2-3-5-18(16)15-29-12-9-23(8-11-24,10-13-29)27-14-19(21(26)30)20(25)28-22(31)17-6-7-17;1-2/h2-5,14,17,27H,6-10,12-13,15H2,1H3,(H2,26,30)(H2,25,28,31);1-2H3/b19-14+;. The van der Waals surface area contributed by atoms with Gasteiger partial charge in [-0.2, -0.15) is 10.3 Å². The van der Waals surface area contributed by atoms with Gasteiger partial charge in [0.15, 0.2) is 0 Å². The van der Waals surface area contributed by atoms with Gasteiger partial charge in [0.1, 0.15) is 5.84 Å². The number of nitrogens with one attached hydrogen (secondary N) is 1. The van der Waals surface area contributed by atoms with Crippen LogP contribution in [0.25, 0.3) is 0 Å². The molecule has 178 valence electrons. The molecule has 1 aromatic rings. The summed E-state index contributed by atoms with van der Waals surface area (Å²) in [7, 11) is 0. The van der Waals surface area contributed by atoms with E-state index >= 15 is 0 Å². The van der Waals surface area contributed by atoms with Gasteiger partial charge in [-0.3, -0.25) is 14.5 Å². The normalized spacial score (nSPS) is 18.5. The Labute approximate surface area is 196 Å². The second kappa shape index (κ2) is 12.2. The third-order valence-corrected chi connectivity index (χ3v) is 6.11. The molecule has 1 saturated heterocycles. The average Bonchev–Trinajstić information content (AvgIpc) is 3.64. The zero-order valence-electron chi connectivity index (χ0n) is 19.9. The summed E-state index contributed by atoms with van der Waals surface area (Å²) in [5.74, 6) is -1.36. The molecule has 3 rings (SSSR count). The Balaban J connectivity index is 0.00000187. The van der Waals surface area contributed by atoms with Gasteiger partial charge in [-0.15, -0.1) is 0 Å². The molecule has 0 aromatic heterocycles. The monoisotopic (exact) mass is 452 g/mol. The number of nitriles is 1. The molecule has 1 aliphatic heterocycles. The first-order valence-corrected chi connectivity index (χ1v) is 11.6. The molecular weight excluding hydrogens is 416 g/mol. The highest BCUT2D eigenvalue weighted by molar-refractivity contribution is 6.21. The fourth-order valence-corrected chi connectivity index (χ4v) is 3.79. The van der Waals surface area contributed by atoms with E-state index in [0.717, 1.165) is 45.3 Å². The first kappa shape index (κ1) is 26.1. The van der Waals surface area contributed by atoms with Gasteiger partial charge in [0.2, 0.25) is 0 Å². The second-order valence-corrected chi connectivity index (χ2v) is 8.49. The smallest absolute Gasteiger partial charge is 0.253 e. The van der Waals surface area contributed by atoms with Crippen LogP contribution in [-0.4, -0.2) is 41.2 Å². The number of hydrogen-bond donors (Lipinski definition) is 3. The molecule has 0 spiro atoms. The number of carbonyl (C=O) groups is 2. The van der Waals surface area contributed by atoms with Gasteiger partial charge in [-0.1, -0.05) is 38.1 Å². The van der Waals surface area contributed by atoms with Crippen LogP contribution in [0.3, 0.4) is 0 Å². The van der Waals surface area contributed by atoms with Crippen LogP contribution in [-0.2, 0) is 16.1 Å². The first-order chi connectivity index (χ1) is 15.8. The summed E-state index contributed by atoms with van der Waals surface area (Å²) >= 11 is 0. The quantitative estimate of drug-likeness (QED) is 0.315. The fourth-order valence-electron chi connectivity index (χ4n) is 3.79. The topological polar surface area (TPSA) is 138 Å². The molecule has 8 heteroatoms. The van der Waals surface area contributed by atoms with Gasteiger partial charge >= 0.3 is 0 Å². The Kier molecular flexibility index (Phi) is 9.61. The van der Waals surface area contributed by atoms with Gasteiger partial charge in [0.25, 0.3) is 11.8 Å². The maximum absolute atomic E-state index is 11.9. The number of aryl methyl sites for hydroxylation is 1. The molecule has 2 aliphatic rings. The van der Waals surface area contributed by atoms with Crippen LogP contribution in [0.4, 0.5) is 0 Å². The number of amidine groups is 1. The van der Waals surface area contributed by atoms with Gasteiger partial charge in [0.05, 0.1) is 23.6 Å². The van der Waals surface area contributed by atoms with E-state index in [0.29, 0.717) is 0 Å². The Morgan fingerprint density at radius 1 is 1.24 bits per heavy atom. The number of aliphatic imine (C=N–C) groups is 1. The minimum atomic E-state index is -0.763. The summed E-state index contributed by atoms with van der Waals surface area (Å²) in [6, 6.07) is 10.6. The molecule has 1 saturated carbocycles. The summed E-state index contributed by atoms with van der Waals surface area (Å²) in [6.45, 7) is 8.59. The van der Waals surface area contributed by atoms with E-state index < -0.39 is 11.4 Å². The fraction of sp³-hybridized carbons (Fsp3) is 0.520. The molecule has 1 heterocycles. The molecule has 2 fully saturated rings. The molecule has 0 unspecified atom stereocenters. The lowest BCUT2D eigenvalue weighted by Gasteiger charge is -2.41. The molecule has 1 aliphatic carbocycles. The number of primary amides is 1. The Hall–Kier alpha value is -3.18. The molecule has 1 aromatic carbocycles. The highest BCUT2D eigenvalue weighted by Gasteiger charge is 2.34. The summed E-state index contributed by atoms with van der Waals surface area (Å²) < 4.78 is 0. The summed E-state index contributed by atoms with van der Waals surface area (Å²) in [4.78, 5) is 30.0. The van der Waals surface area contributed by atoms with Crippen LogP contribution in [0.2, 0.25) is 0 Å². The van der Waals surface area contributed by atoms with E-state index in [9.17, 15) is 14.9 Å². The lowest BCUT2D eigenvalue weighted by molar-refractivity contribution is -0.118. The highest BCUT2D eigenvalue weighted by Crippen LogP contribution is 2.30. The molecule has 0 atom stereocenters. The van der Waals surface area contributed by atoms with Crippen molar-refractivity contribution in [2.45, 2.75) is 65.0 Å². The lowest BCUT2D eigenvalue weighted by atomic mass is 9.84. The average molecular weight is 453 g/mol. The number of likely N-dealkylation sites (tertiary alicyclic amines) is 1. The largest absolute Gasteiger partial charge is 0.384 e. The molecule has 2 amide bonds. The van der Waals surface area contributed by atoms with Crippen molar-refractivity contribution in [1.82, 2.24) is 10.2 Å². The van der Waals surface area contributed by atoms with Crippen LogP contribution in [0.1, 0.15) is 57.1 Å². The summed E-state index contributed by atoms with van der Waals surface area (Å²) in [5.41, 5.74) is 13.4. The third kappa shape index (κ3) is 7.43. The molecule has 5 N–H and O–H groups in total. The Morgan fingerprint density at radius 2 is 1.88 bits per heavy atom.